The van der Waals surface area contributed by atoms with Crippen LogP contribution >= 0.6 is 0 Å². The second kappa shape index (κ2) is 5.51. The first kappa shape index (κ1) is 10.9. The van der Waals surface area contributed by atoms with Crippen molar-refractivity contribution in [1.82, 2.24) is 0 Å². The Bertz CT molecular complexity index is 176. The number of hydrogen-bond acceptors (Lipinski definition) is 3. The van der Waals surface area contributed by atoms with E-state index in [0.29, 0.717) is 6.42 Å². The van der Waals surface area contributed by atoms with E-state index >= 15 is 0 Å². The van der Waals surface area contributed by atoms with E-state index in [1.54, 1.807) is 0 Å². The third-order valence-electron chi connectivity index (χ3n) is 1.34. The minimum absolute atomic E-state index is 0.0540. The summed E-state index contributed by atoms with van der Waals surface area (Å²) in [6.45, 7) is 0.176. The van der Waals surface area contributed by atoms with Gasteiger partial charge in [-0.25, -0.2) is 13.6 Å². The molecule has 0 aliphatic carbocycles. The molecule has 4 nitrogen and oxygen atoms in total. The summed E-state index contributed by atoms with van der Waals surface area (Å²) in [6.07, 6.45) is 3.02. The van der Waals surface area contributed by atoms with Crippen LogP contribution in [-0.4, -0.2) is 25.9 Å². The van der Waals surface area contributed by atoms with Crippen LogP contribution in [-0.2, 0) is 10.0 Å². The molecular formula is C6H15NO3S. The van der Waals surface area contributed by atoms with E-state index in [2.05, 4.69) is 0 Å². The molecule has 11 heavy (non-hydrogen) atoms. The predicted molar refractivity (Wildman–Crippen MR) is 43.5 cm³/mol. The quantitative estimate of drug-likeness (QED) is 0.558. The second-order valence-electron chi connectivity index (χ2n) is 2.50. The Hall–Kier alpha value is -0.130. The number of hydrogen-bond donors (Lipinski definition) is 2. The number of aliphatic hydroxyl groups excluding tert-OH is 1. The Morgan fingerprint density at radius 3 is 2.09 bits per heavy atom. The van der Waals surface area contributed by atoms with Gasteiger partial charge in [0.05, 0.1) is 5.75 Å². The molecule has 0 aromatic carbocycles. The van der Waals surface area contributed by atoms with Gasteiger partial charge in [0.25, 0.3) is 0 Å². The van der Waals surface area contributed by atoms with Gasteiger partial charge in [-0.2, -0.15) is 0 Å². The topological polar surface area (TPSA) is 80.4 Å². The van der Waals surface area contributed by atoms with Crippen LogP contribution in [0.15, 0.2) is 0 Å². The zero-order valence-corrected chi connectivity index (χ0v) is 7.31. The first-order valence-corrected chi connectivity index (χ1v) is 5.39. The van der Waals surface area contributed by atoms with Crippen LogP contribution in [0.25, 0.3) is 0 Å². The summed E-state index contributed by atoms with van der Waals surface area (Å²) < 4.78 is 20.8. The molecule has 0 aromatic rings. The van der Waals surface area contributed by atoms with Gasteiger partial charge in [0, 0.05) is 6.61 Å². The van der Waals surface area contributed by atoms with Crippen molar-refractivity contribution >= 4 is 10.0 Å². The summed E-state index contributed by atoms with van der Waals surface area (Å²) in [4.78, 5) is 0. The summed E-state index contributed by atoms with van der Waals surface area (Å²) in [6, 6.07) is 0. The first-order chi connectivity index (χ1) is 5.06. The van der Waals surface area contributed by atoms with E-state index in [-0.39, 0.29) is 12.4 Å². The van der Waals surface area contributed by atoms with E-state index in [4.69, 9.17) is 10.2 Å². The summed E-state index contributed by atoms with van der Waals surface area (Å²) in [7, 11) is -3.27. The van der Waals surface area contributed by atoms with Gasteiger partial charge in [0.1, 0.15) is 0 Å². The van der Waals surface area contributed by atoms with Crippen LogP contribution in [0.1, 0.15) is 25.7 Å². The zero-order chi connectivity index (χ0) is 8.74. The third-order valence-corrected chi connectivity index (χ3v) is 2.19. The zero-order valence-electron chi connectivity index (χ0n) is 6.49. The third kappa shape index (κ3) is 9.87. The highest BCUT2D eigenvalue weighted by Gasteiger charge is 2.00. The molecule has 3 N–H and O–H groups in total. The van der Waals surface area contributed by atoms with Crippen molar-refractivity contribution in [3.05, 3.63) is 0 Å². The average molecular weight is 181 g/mol. The fraction of sp³-hybridized carbons (Fsp3) is 1.00. The van der Waals surface area contributed by atoms with Crippen molar-refractivity contribution in [3.63, 3.8) is 0 Å². The Labute approximate surface area is 67.5 Å². The largest absolute Gasteiger partial charge is 0.396 e. The maximum atomic E-state index is 10.4. The number of aliphatic hydroxyl groups is 1. The van der Waals surface area contributed by atoms with E-state index in [1.165, 1.54) is 0 Å². The van der Waals surface area contributed by atoms with Crippen LogP contribution in [0.3, 0.4) is 0 Å². The fourth-order valence-electron chi connectivity index (χ4n) is 0.769. The van der Waals surface area contributed by atoms with Crippen LogP contribution in [0.5, 0.6) is 0 Å². The molecule has 68 valence electrons. The lowest BCUT2D eigenvalue weighted by Gasteiger charge is -1.97. The number of primary sulfonamides is 1. The summed E-state index contributed by atoms with van der Waals surface area (Å²) in [5.74, 6) is 0.0540. The van der Waals surface area contributed by atoms with E-state index in [0.717, 1.165) is 19.3 Å². The van der Waals surface area contributed by atoms with Crippen molar-refractivity contribution in [1.29, 1.82) is 0 Å². The van der Waals surface area contributed by atoms with Crippen LogP contribution < -0.4 is 5.14 Å². The lowest BCUT2D eigenvalue weighted by atomic mass is 10.2. The highest BCUT2D eigenvalue weighted by Crippen LogP contribution is 1.99. The van der Waals surface area contributed by atoms with Crippen molar-refractivity contribution in [3.8, 4) is 0 Å². The minimum atomic E-state index is -3.27. The fourth-order valence-corrected chi connectivity index (χ4v) is 1.38. The number of unbranched alkanes of at least 4 members (excludes halogenated alkanes) is 3. The number of rotatable bonds is 6. The van der Waals surface area contributed by atoms with Gasteiger partial charge in [0.15, 0.2) is 0 Å². The number of sulfonamides is 1. The highest BCUT2D eigenvalue weighted by atomic mass is 32.2. The Morgan fingerprint density at radius 1 is 1.09 bits per heavy atom. The van der Waals surface area contributed by atoms with Gasteiger partial charge in [0.2, 0.25) is 10.0 Å². The summed E-state index contributed by atoms with van der Waals surface area (Å²) >= 11 is 0. The maximum absolute atomic E-state index is 10.4. The molecule has 0 bridgehead atoms. The maximum Gasteiger partial charge on any atom is 0.209 e. The molecule has 0 saturated heterocycles. The molecule has 0 heterocycles. The van der Waals surface area contributed by atoms with Crippen LogP contribution in [0.2, 0.25) is 0 Å². The lowest BCUT2D eigenvalue weighted by molar-refractivity contribution is 0.283. The normalized spacial score (nSPS) is 11.8. The lowest BCUT2D eigenvalue weighted by Crippen LogP contribution is -2.16. The van der Waals surface area contributed by atoms with Gasteiger partial charge in [-0.3, -0.25) is 0 Å². The molecule has 0 radical (unpaired) electrons. The number of nitrogens with two attached hydrogens (primary N) is 1. The monoisotopic (exact) mass is 181 g/mol. The Morgan fingerprint density at radius 2 is 1.64 bits per heavy atom. The molecule has 0 spiro atoms. The average Bonchev–Trinajstić information content (AvgIpc) is 1.85. The van der Waals surface area contributed by atoms with Crippen molar-refractivity contribution in [2.24, 2.45) is 5.14 Å². The van der Waals surface area contributed by atoms with Gasteiger partial charge in [-0.1, -0.05) is 12.8 Å². The van der Waals surface area contributed by atoms with Gasteiger partial charge in [-0.15, -0.1) is 0 Å². The predicted octanol–water partition coefficient (Wildman–Crippen LogP) is -0.172. The molecule has 0 fully saturated rings. The van der Waals surface area contributed by atoms with Crippen LogP contribution in [0, 0.1) is 0 Å². The van der Waals surface area contributed by atoms with Crippen molar-refractivity contribution in [2.75, 3.05) is 12.4 Å². The molecule has 0 unspecified atom stereocenters. The standard InChI is InChI=1S/C6H15NO3S/c7-11(9,10)6-4-2-1-3-5-8/h8H,1-6H2,(H2,7,9,10). The summed E-state index contributed by atoms with van der Waals surface area (Å²) in [5.41, 5.74) is 0. The molecule has 0 aliphatic heterocycles. The van der Waals surface area contributed by atoms with E-state index in [1.807, 2.05) is 0 Å². The molecule has 0 atom stereocenters. The summed E-state index contributed by atoms with van der Waals surface area (Å²) in [5, 5.41) is 13.2. The molecular weight excluding hydrogens is 166 g/mol. The van der Waals surface area contributed by atoms with Gasteiger partial charge in [-0.05, 0) is 12.8 Å². The molecule has 0 rings (SSSR count). The van der Waals surface area contributed by atoms with E-state index < -0.39 is 10.0 Å². The molecule has 0 aliphatic rings. The molecule has 0 aromatic heterocycles. The van der Waals surface area contributed by atoms with Gasteiger partial charge >= 0.3 is 0 Å². The molecule has 0 saturated carbocycles. The SMILES string of the molecule is NS(=O)(=O)CCCCCCO. The van der Waals surface area contributed by atoms with Crippen LogP contribution in [0.4, 0.5) is 0 Å². The Balaban J connectivity index is 3.16. The van der Waals surface area contributed by atoms with E-state index in [9.17, 15) is 8.42 Å². The Kier molecular flexibility index (Phi) is 5.45. The first-order valence-electron chi connectivity index (χ1n) is 3.67. The van der Waals surface area contributed by atoms with Crippen molar-refractivity contribution in [2.45, 2.75) is 25.7 Å². The molecule has 5 heteroatoms. The van der Waals surface area contributed by atoms with Gasteiger partial charge < -0.3 is 5.11 Å². The van der Waals surface area contributed by atoms with Crippen molar-refractivity contribution < 1.29 is 13.5 Å². The molecule has 0 amide bonds. The smallest absolute Gasteiger partial charge is 0.209 e. The minimum Gasteiger partial charge on any atom is -0.396 e. The highest BCUT2D eigenvalue weighted by molar-refractivity contribution is 7.89. The second-order valence-corrected chi connectivity index (χ2v) is 4.24.